The summed E-state index contributed by atoms with van der Waals surface area (Å²) in [6.07, 6.45) is 1.49. The van der Waals surface area contributed by atoms with Gasteiger partial charge in [-0.25, -0.2) is 5.43 Å². The molecule has 114 valence electrons. The van der Waals surface area contributed by atoms with Gasteiger partial charge in [0.15, 0.2) is 0 Å². The summed E-state index contributed by atoms with van der Waals surface area (Å²) in [4.78, 5) is 24.6. The summed E-state index contributed by atoms with van der Waals surface area (Å²) < 4.78 is 0. The largest absolute Gasteiger partial charge is 0.329 e. The van der Waals surface area contributed by atoms with Crippen LogP contribution in [0.25, 0.3) is 10.8 Å². The number of thiophene rings is 1. The lowest BCUT2D eigenvalue weighted by molar-refractivity contribution is -0.136. The van der Waals surface area contributed by atoms with Crippen LogP contribution in [0.2, 0.25) is 0 Å². The first-order chi connectivity index (χ1) is 11.2. The van der Waals surface area contributed by atoms with Crippen LogP contribution in [-0.4, -0.2) is 18.0 Å². The summed E-state index contributed by atoms with van der Waals surface area (Å²) >= 11 is 1.49. The Balaban J connectivity index is 1.67. The molecular formula is C17H13N3O2S. The van der Waals surface area contributed by atoms with Gasteiger partial charge in [0.25, 0.3) is 0 Å². The minimum Gasteiger partial charge on any atom is -0.317 e. The first-order valence-corrected chi connectivity index (χ1v) is 7.77. The third-order valence-corrected chi connectivity index (χ3v) is 3.95. The summed E-state index contributed by atoms with van der Waals surface area (Å²) in [5.41, 5.74) is 2.80. The van der Waals surface area contributed by atoms with Gasteiger partial charge in [-0.1, -0.05) is 42.5 Å². The molecule has 1 heterocycles. The summed E-state index contributed by atoms with van der Waals surface area (Å²) in [6, 6.07) is 16.9. The van der Waals surface area contributed by atoms with Gasteiger partial charge in [0.1, 0.15) is 0 Å². The van der Waals surface area contributed by atoms with Gasteiger partial charge in [-0.15, -0.1) is 11.3 Å². The maximum atomic E-state index is 12.0. The molecule has 0 aliphatic carbocycles. The normalized spacial score (nSPS) is 10.8. The molecule has 0 bridgehead atoms. The molecule has 3 aromatic rings. The van der Waals surface area contributed by atoms with E-state index in [1.807, 2.05) is 53.9 Å². The number of anilines is 1. The van der Waals surface area contributed by atoms with E-state index in [-0.39, 0.29) is 0 Å². The minimum absolute atomic E-state index is 0.588. The standard InChI is InChI=1S/C17H13N3O2S/c21-16(17(22)20-18-11-13-7-4-10-23-13)19-15-9-3-6-12-5-1-2-8-14(12)15/h1-11H,(H,19,21)(H,20,22). The second-order valence-electron chi connectivity index (χ2n) is 4.70. The van der Waals surface area contributed by atoms with Gasteiger partial charge in [-0.05, 0) is 22.9 Å². The Morgan fingerprint density at radius 2 is 1.78 bits per heavy atom. The Bertz CT molecular complexity index is 867. The Labute approximate surface area is 136 Å². The summed E-state index contributed by atoms with van der Waals surface area (Å²) in [5, 5.41) is 10.1. The Hall–Kier alpha value is -2.99. The molecule has 5 nitrogen and oxygen atoms in total. The van der Waals surface area contributed by atoms with Crippen molar-refractivity contribution in [3.05, 3.63) is 64.9 Å². The number of carbonyl (C=O) groups is 2. The number of rotatable bonds is 3. The SMILES string of the molecule is O=C(NN=Cc1cccs1)C(=O)Nc1cccc2ccccc12. The van der Waals surface area contributed by atoms with Crippen molar-refractivity contribution in [2.75, 3.05) is 5.32 Å². The number of benzene rings is 2. The van der Waals surface area contributed by atoms with Crippen LogP contribution in [0.5, 0.6) is 0 Å². The Morgan fingerprint density at radius 3 is 2.61 bits per heavy atom. The fraction of sp³-hybridized carbons (Fsp3) is 0. The molecule has 2 amide bonds. The van der Waals surface area contributed by atoms with Crippen LogP contribution in [0.3, 0.4) is 0 Å². The third-order valence-electron chi connectivity index (χ3n) is 3.15. The van der Waals surface area contributed by atoms with E-state index in [2.05, 4.69) is 15.8 Å². The fourth-order valence-electron chi connectivity index (χ4n) is 2.08. The predicted molar refractivity (Wildman–Crippen MR) is 92.6 cm³/mol. The van der Waals surface area contributed by atoms with E-state index < -0.39 is 11.8 Å². The van der Waals surface area contributed by atoms with E-state index in [4.69, 9.17) is 0 Å². The number of nitrogens with one attached hydrogen (secondary N) is 2. The van der Waals surface area contributed by atoms with Crippen molar-refractivity contribution in [3.63, 3.8) is 0 Å². The molecule has 0 spiro atoms. The zero-order valence-corrected chi connectivity index (χ0v) is 12.8. The van der Waals surface area contributed by atoms with Gasteiger partial charge >= 0.3 is 11.8 Å². The molecule has 2 aromatic carbocycles. The molecule has 0 fully saturated rings. The van der Waals surface area contributed by atoms with Crippen LogP contribution in [-0.2, 0) is 9.59 Å². The summed E-state index contributed by atoms with van der Waals surface area (Å²) in [7, 11) is 0. The van der Waals surface area contributed by atoms with Crippen LogP contribution < -0.4 is 10.7 Å². The first kappa shape index (κ1) is 14.9. The van der Waals surface area contributed by atoms with Crippen molar-refractivity contribution in [2.45, 2.75) is 0 Å². The first-order valence-electron chi connectivity index (χ1n) is 6.90. The molecule has 23 heavy (non-hydrogen) atoms. The zero-order valence-electron chi connectivity index (χ0n) is 12.0. The number of hydrogen-bond donors (Lipinski definition) is 2. The van der Waals surface area contributed by atoms with Crippen LogP contribution in [0, 0.1) is 0 Å². The van der Waals surface area contributed by atoms with Crippen LogP contribution in [0.15, 0.2) is 65.1 Å². The van der Waals surface area contributed by atoms with E-state index >= 15 is 0 Å². The van der Waals surface area contributed by atoms with E-state index in [0.29, 0.717) is 5.69 Å². The molecule has 0 unspecified atom stereocenters. The van der Waals surface area contributed by atoms with Crippen molar-refractivity contribution in [1.82, 2.24) is 5.43 Å². The molecule has 0 aliphatic heterocycles. The number of amides is 2. The van der Waals surface area contributed by atoms with Crippen LogP contribution in [0.1, 0.15) is 4.88 Å². The number of nitrogens with zero attached hydrogens (tertiary/aromatic N) is 1. The van der Waals surface area contributed by atoms with Gasteiger partial charge in [-0.2, -0.15) is 5.10 Å². The second-order valence-corrected chi connectivity index (χ2v) is 5.67. The van der Waals surface area contributed by atoms with Crippen LogP contribution in [0.4, 0.5) is 5.69 Å². The predicted octanol–water partition coefficient (Wildman–Crippen LogP) is 2.99. The van der Waals surface area contributed by atoms with Gasteiger partial charge in [0, 0.05) is 16.0 Å². The van der Waals surface area contributed by atoms with Gasteiger partial charge in [-0.3, -0.25) is 9.59 Å². The lowest BCUT2D eigenvalue weighted by Gasteiger charge is -2.07. The molecule has 2 N–H and O–H groups in total. The minimum atomic E-state index is -0.814. The summed E-state index contributed by atoms with van der Waals surface area (Å²) in [5.74, 6) is -1.57. The topological polar surface area (TPSA) is 70.6 Å². The molecule has 0 saturated carbocycles. The number of hydrazone groups is 1. The molecule has 0 aliphatic rings. The van der Waals surface area contributed by atoms with E-state index in [0.717, 1.165) is 15.6 Å². The van der Waals surface area contributed by atoms with Crippen LogP contribution >= 0.6 is 11.3 Å². The Kier molecular flexibility index (Phi) is 4.44. The van der Waals surface area contributed by atoms with E-state index in [9.17, 15) is 9.59 Å². The maximum Gasteiger partial charge on any atom is 0.329 e. The molecule has 6 heteroatoms. The highest BCUT2D eigenvalue weighted by molar-refractivity contribution is 7.11. The molecule has 3 rings (SSSR count). The fourth-order valence-corrected chi connectivity index (χ4v) is 2.67. The molecular weight excluding hydrogens is 310 g/mol. The van der Waals surface area contributed by atoms with Crippen molar-refractivity contribution >= 4 is 45.8 Å². The lowest BCUT2D eigenvalue weighted by Crippen LogP contribution is -2.32. The molecule has 0 radical (unpaired) electrons. The van der Waals surface area contributed by atoms with Gasteiger partial charge in [0.2, 0.25) is 0 Å². The Morgan fingerprint density at radius 1 is 0.957 bits per heavy atom. The maximum absolute atomic E-state index is 12.0. The van der Waals surface area contributed by atoms with E-state index in [1.165, 1.54) is 17.6 Å². The number of hydrogen-bond acceptors (Lipinski definition) is 4. The van der Waals surface area contributed by atoms with Crippen molar-refractivity contribution in [2.24, 2.45) is 5.10 Å². The second kappa shape index (κ2) is 6.85. The summed E-state index contributed by atoms with van der Waals surface area (Å²) in [6.45, 7) is 0. The van der Waals surface area contributed by atoms with Crippen molar-refractivity contribution in [3.8, 4) is 0 Å². The average molecular weight is 323 g/mol. The monoisotopic (exact) mass is 323 g/mol. The molecule has 0 atom stereocenters. The highest BCUT2D eigenvalue weighted by Gasteiger charge is 2.14. The number of fused-ring (bicyclic) bond motifs is 1. The average Bonchev–Trinajstić information content (AvgIpc) is 3.08. The van der Waals surface area contributed by atoms with Crippen molar-refractivity contribution in [1.29, 1.82) is 0 Å². The smallest absolute Gasteiger partial charge is 0.317 e. The quantitative estimate of drug-likeness (QED) is 0.442. The zero-order chi connectivity index (χ0) is 16.1. The molecule has 0 saturated heterocycles. The lowest BCUT2D eigenvalue weighted by atomic mass is 10.1. The third kappa shape index (κ3) is 3.61. The van der Waals surface area contributed by atoms with Gasteiger partial charge < -0.3 is 5.32 Å². The highest BCUT2D eigenvalue weighted by atomic mass is 32.1. The van der Waals surface area contributed by atoms with Gasteiger partial charge in [0.05, 0.1) is 6.21 Å². The molecule has 1 aromatic heterocycles. The highest BCUT2D eigenvalue weighted by Crippen LogP contribution is 2.22. The van der Waals surface area contributed by atoms with Crippen molar-refractivity contribution < 1.29 is 9.59 Å². The van der Waals surface area contributed by atoms with E-state index in [1.54, 1.807) is 6.07 Å². The number of carbonyl (C=O) groups excluding carboxylic acids is 2.